The zero-order valence-electron chi connectivity index (χ0n) is 17.6. The Morgan fingerprint density at radius 3 is 2.52 bits per heavy atom. The number of hydrogen-bond acceptors (Lipinski definition) is 4. The van der Waals surface area contributed by atoms with E-state index in [0.717, 1.165) is 55.4 Å². The summed E-state index contributed by atoms with van der Waals surface area (Å²) in [6.07, 6.45) is 0. The molecule has 1 fully saturated rings. The molecule has 1 aromatic carbocycles. The number of rotatable bonds is 4. The summed E-state index contributed by atoms with van der Waals surface area (Å²) < 4.78 is 1.84. The van der Waals surface area contributed by atoms with Crippen molar-refractivity contribution in [3.63, 3.8) is 0 Å². The van der Waals surface area contributed by atoms with Crippen molar-refractivity contribution in [3.05, 3.63) is 58.5 Å². The van der Waals surface area contributed by atoms with Gasteiger partial charge in [0.25, 0.3) is 5.91 Å². The van der Waals surface area contributed by atoms with E-state index in [1.807, 2.05) is 36.5 Å². The monoisotopic (exact) mass is 392 g/mol. The molecule has 0 aliphatic carbocycles. The van der Waals surface area contributed by atoms with Gasteiger partial charge in [-0.05, 0) is 32.4 Å². The second kappa shape index (κ2) is 7.83. The van der Waals surface area contributed by atoms with Gasteiger partial charge in [0.1, 0.15) is 5.69 Å². The standard InChI is InChI=1S/C22H28N6O/c1-15-6-5-7-18(12-15)14-27-8-10-28(11-9-27)22(29)20-13-19(23-24-20)21-16(2)25-26(4)17(21)3/h5-7,12-13H,8-11,14H2,1-4H3,(H,23,24). The first-order valence-electron chi connectivity index (χ1n) is 10.1. The summed E-state index contributed by atoms with van der Waals surface area (Å²) in [6.45, 7) is 10.2. The summed E-state index contributed by atoms with van der Waals surface area (Å²) >= 11 is 0. The van der Waals surface area contributed by atoms with Gasteiger partial charge < -0.3 is 4.90 Å². The molecule has 0 saturated carbocycles. The van der Waals surface area contributed by atoms with Crippen LogP contribution >= 0.6 is 0 Å². The fourth-order valence-corrected chi connectivity index (χ4v) is 4.05. The quantitative estimate of drug-likeness (QED) is 0.741. The lowest BCUT2D eigenvalue weighted by atomic mass is 10.1. The molecular formula is C22H28N6O. The van der Waals surface area contributed by atoms with Crippen LogP contribution in [0.2, 0.25) is 0 Å². The maximum Gasteiger partial charge on any atom is 0.271 e. The van der Waals surface area contributed by atoms with Crippen LogP contribution < -0.4 is 0 Å². The van der Waals surface area contributed by atoms with Crippen LogP contribution in [0.15, 0.2) is 30.3 Å². The number of amides is 1. The van der Waals surface area contributed by atoms with Gasteiger partial charge in [0.2, 0.25) is 0 Å². The van der Waals surface area contributed by atoms with E-state index >= 15 is 0 Å². The zero-order valence-corrected chi connectivity index (χ0v) is 17.6. The number of nitrogens with zero attached hydrogens (tertiary/aromatic N) is 5. The van der Waals surface area contributed by atoms with E-state index in [1.54, 1.807) is 0 Å². The molecule has 0 unspecified atom stereocenters. The van der Waals surface area contributed by atoms with Crippen LogP contribution in [0, 0.1) is 20.8 Å². The van der Waals surface area contributed by atoms with E-state index in [4.69, 9.17) is 0 Å². The van der Waals surface area contributed by atoms with Gasteiger partial charge in [-0.25, -0.2) is 0 Å². The molecule has 1 N–H and O–H groups in total. The lowest BCUT2D eigenvalue weighted by molar-refractivity contribution is 0.0622. The zero-order chi connectivity index (χ0) is 20.5. The first-order valence-corrected chi connectivity index (χ1v) is 10.1. The molecule has 0 spiro atoms. The number of aryl methyl sites for hydroxylation is 3. The van der Waals surface area contributed by atoms with Crippen LogP contribution in [0.4, 0.5) is 0 Å². The number of carbonyl (C=O) groups excluding carboxylic acids is 1. The second-order valence-electron chi connectivity index (χ2n) is 7.89. The van der Waals surface area contributed by atoms with Gasteiger partial charge in [0.05, 0.1) is 11.4 Å². The number of nitrogens with one attached hydrogen (secondary N) is 1. The third-order valence-corrected chi connectivity index (χ3v) is 5.72. The Morgan fingerprint density at radius 2 is 1.86 bits per heavy atom. The van der Waals surface area contributed by atoms with Gasteiger partial charge in [0.15, 0.2) is 0 Å². The highest BCUT2D eigenvalue weighted by Crippen LogP contribution is 2.25. The Labute approximate surface area is 171 Å². The number of aromatic nitrogens is 4. The molecule has 7 heteroatoms. The fraction of sp³-hybridized carbons (Fsp3) is 0.409. The minimum absolute atomic E-state index is 0.0122. The number of H-pyrrole nitrogens is 1. The minimum atomic E-state index is 0.0122. The molecule has 2 aromatic heterocycles. The molecule has 1 aliphatic heterocycles. The van der Waals surface area contributed by atoms with E-state index in [1.165, 1.54) is 11.1 Å². The Balaban J connectivity index is 1.39. The van der Waals surface area contributed by atoms with Crippen molar-refractivity contribution in [3.8, 4) is 11.3 Å². The van der Waals surface area contributed by atoms with Crippen molar-refractivity contribution < 1.29 is 4.79 Å². The SMILES string of the molecule is Cc1cccc(CN2CCN(C(=O)c3cc(-c4c(C)nn(C)c4C)n[nH]3)CC2)c1. The first kappa shape index (κ1) is 19.4. The van der Waals surface area contributed by atoms with Crippen LogP contribution in [0.3, 0.4) is 0 Å². The molecule has 29 heavy (non-hydrogen) atoms. The van der Waals surface area contributed by atoms with Gasteiger partial charge in [-0.15, -0.1) is 0 Å². The molecule has 0 atom stereocenters. The molecule has 1 saturated heterocycles. The Morgan fingerprint density at radius 1 is 1.10 bits per heavy atom. The predicted octanol–water partition coefficient (Wildman–Crippen LogP) is 2.69. The second-order valence-corrected chi connectivity index (χ2v) is 7.89. The van der Waals surface area contributed by atoms with E-state index in [-0.39, 0.29) is 5.91 Å². The number of piperazine rings is 1. The minimum Gasteiger partial charge on any atom is -0.335 e. The van der Waals surface area contributed by atoms with Gasteiger partial charge in [0, 0.05) is 51.0 Å². The summed E-state index contributed by atoms with van der Waals surface area (Å²) in [4.78, 5) is 17.3. The Hall–Kier alpha value is -2.93. The lowest BCUT2D eigenvalue weighted by Crippen LogP contribution is -2.48. The molecule has 3 aromatic rings. The number of aromatic amines is 1. The van der Waals surface area contributed by atoms with Crippen molar-refractivity contribution in [2.45, 2.75) is 27.3 Å². The third kappa shape index (κ3) is 3.96. The van der Waals surface area contributed by atoms with Crippen LogP contribution in [-0.2, 0) is 13.6 Å². The lowest BCUT2D eigenvalue weighted by Gasteiger charge is -2.34. The molecule has 4 rings (SSSR count). The molecule has 0 radical (unpaired) electrons. The van der Waals surface area contributed by atoms with Gasteiger partial charge in [-0.1, -0.05) is 29.8 Å². The van der Waals surface area contributed by atoms with Crippen molar-refractivity contribution in [2.24, 2.45) is 7.05 Å². The summed E-state index contributed by atoms with van der Waals surface area (Å²) in [7, 11) is 1.92. The van der Waals surface area contributed by atoms with E-state index in [9.17, 15) is 4.79 Å². The molecule has 152 valence electrons. The predicted molar refractivity (Wildman–Crippen MR) is 113 cm³/mol. The Kier molecular flexibility index (Phi) is 5.24. The summed E-state index contributed by atoms with van der Waals surface area (Å²) in [5.41, 5.74) is 6.86. The van der Waals surface area contributed by atoms with Crippen molar-refractivity contribution in [1.29, 1.82) is 0 Å². The van der Waals surface area contributed by atoms with Crippen LogP contribution in [0.1, 0.15) is 33.0 Å². The highest BCUT2D eigenvalue weighted by molar-refractivity contribution is 5.93. The van der Waals surface area contributed by atoms with Gasteiger partial charge >= 0.3 is 0 Å². The Bertz CT molecular complexity index is 1030. The molecule has 0 bridgehead atoms. The van der Waals surface area contributed by atoms with Crippen molar-refractivity contribution in [2.75, 3.05) is 26.2 Å². The van der Waals surface area contributed by atoms with Crippen LogP contribution in [0.25, 0.3) is 11.3 Å². The summed E-state index contributed by atoms with van der Waals surface area (Å²) in [5, 5.41) is 11.8. The first-order chi connectivity index (χ1) is 13.9. The van der Waals surface area contributed by atoms with Crippen molar-refractivity contribution in [1.82, 2.24) is 29.8 Å². The van der Waals surface area contributed by atoms with Gasteiger partial charge in [-0.2, -0.15) is 10.2 Å². The highest BCUT2D eigenvalue weighted by Gasteiger charge is 2.24. The summed E-state index contributed by atoms with van der Waals surface area (Å²) in [5.74, 6) is 0.0122. The third-order valence-electron chi connectivity index (χ3n) is 5.72. The van der Waals surface area contributed by atoms with Gasteiger partial charge in [-0.3, -0.25) is 19.5 Å². The molecule has 3 heterocycles. The molecule has 1 amide bonds. The fourth-order valence-electron chi connectivity index (χ4n) is 4.05. The number of benzene rings is 1. The average Bonchev–Trinajstić information content (AvgIpc) is 3.26. The van der Waals surface area contributed by atoms with E-state index in [0.29, 0.717) is 5.69 Å². The maximum atomic E-state index is 12.9. The largest absolute Gasteiger partial charge is 0.335 e. The molecule has 7 nitrogen and oxygen atoms in total. The average molecular weight is 393 g/mol. The van der Waals surface area contributed by atoms with Crippen molar-refractivity contribution >= 4 is 5.91 Å². The maximum absolute atomic E-state index is 12.9. The van der Waals surface area contributed by atoms with E-state index < -0.39 is 0 Å². The van der Waals surface area contributed by atoms with Crippen LogP contribution in [-0.4, -0.2) is 61.9 Å². The number of hydrogen-bond donors (Lipinski definition) is 1. The topological polar surface area (TPSA) is 70.0 Å². The molecule has 1 aliphatic rings. The highest BCUT2D eigenvalue weighted by atomic mass is 16.2. The summed E-state index contributed by atoms with van der Waals surface area (Å²) in [6, 6.07) is 10.5. The van der Waals surface area contributed by atoms with E-state index in [2.05, 4.69) is 51.4 Å². The van der Waals surface area contributed by atoms with Crippen LogP contribution in [0.5, 0.6) is 0 Å². The number of carbonyl (C=O) groups is 1. The smallest absolute Gasteiger partial charge is 0.271 e. The normalized spacial score (nSPS) is 15.1. The molecular weight excluding hydrogens is 364 g/mol.